The first-order valence-corrected chi connectivity index (χ1v) is 13.4. The molecule has 0 bridgehead atoms. The van der Waals surface area contributed by atoms with E-state index in [0.29, 0.717) is 11.5 Å². The molecule has 0 saturated heterocycles. The number of hydrogen-bond acceptors (Lipinski definition) is 8. The van der Waals surface area contributed by atoms with Gasteiger partial charge in [-0.3, -0.25) is 4.79 Å². The van der Waals surface area contributed by atoms with Gasteiger partial charge in [0.2, 0.25) is 0 Å². The molecule has 0 atom stereocenters. The molecular weight excluding hydrogens is 534 g/mol. The van der Waals surface area contributed by atoms with Crippen molar-refractivity contribution in [2.24, 2.45) is 0 Å². The molecule has 0 spiro atoms. The molecular formula is C34H33NO7. The van der Waals surface area contributed by atoms with Crippen molar-refractivity contribution in [3.8, 4) is 11.5 Å². The highest BCUT2D eigenvalue weighted by Gasteiger charge is 2.15. The summed E-state index contributed by atoms with van der Waals surface area (Å²) in [5, 5.41) is 0. The summed E-state index contributed by atoms with van der Waals surface area (Å²) in [6.45, 7) is 1.83. The summed E-state index contributed by atoms with van der Waals surface area (Å²) in [5.41, 5.74) is 4.73. The van der Waals surface area contributed by atoms with Gasteiger partial charge in [0.25, 0.3) is 0 Å². The van der Waals surface area contributed by atoms with Crippen LogP contribution in [0.3, 0.4) is 0 Å². The standard InChI is InChI=1S/C34H33NO7/c1-26(36)40-22-20-39-21-23-41-34(37)42-33-13-7-11-31(25-33)35(30-10-6-12-32(24-30)38-2)29-18-16-28(17-19-29)15-14-27-8-4-3-5-9-27/h3-19,24-25H,20-23H2,1-2H3. The van der Waals surface area contributed by atoms with Crippen LogP contribution in [0.15, 0.2) is 103 Å². The molecule has 0 radical (unpaired) electrons. The molecule has 4 aromatic carbocycles. The van der Waals surface area contributed by atoms with Crippen molar-refractivity contribution in [1.82, 2.24) is 0 Å². The lowest BCUT2D eigenvalue weighted by atomic mass is 10.1. The predicted octanol–water partition coefficient (Wildman–Crippen LogP) is 7.43. The van der Waals surface area contributed by atoms with Crippen molar-refractivity contribution in [3.05, 3.63) is 114 Å². The van der Waals surface area contributed by atoms with Gasteiger partial charge in [0, 0.05) is 36.1 Å². The zero-order chi connectivity index (χ0) is 29.6. The summed E-state index contributed by atoms with van der Waals surface area (Å²) in [6.07, 6.45) is 3.29. The fourth-order valence-electron chi connectivity index (χ4n) is 4.03. The number of methoxy groups -OCH3 is 1. The topological polar surface area (TPSA) is 83.5 Å². The summed E-state index contributed by atoms with van der Waals surface area (Å²) >= 11 is 0. The summed E-state index contributed by atoms with van der Waals surface area (Å²) in [6, 6.07) is 33.2. The van der Waals surface area contributed by atoms with Crippen LogP contribution in [0.5, 0.6) is 11.5 Å². The number of benzene rings is 4. The lowest BCUT2D eigenvalue weighted by Gasteiger charge is -2.26. The lowest BCUT2D eigenvalue weighted by molar-refractivity contribution is -0.142. The van der Waals surface area contributed by atoms with Crippen LogP contribution in [0.1, 0.15) is 18.1 Å². The van der Waals surface area contributed by atoms with Gasteiger partial charge >= 0.3 is 12.1 Å². The van der Waals surface area contributed by atoms with Gasteiger partial charge in [-0.05, 0) is 47.5 Å². The van der Waals surface area contributed by atoms with E-state index >= 15 is 0 Å². The van der Waals surface area contributed by atoms with E-state index in [9.17, 15) is 9.59 Å². The zero-order valence-corrected chi connectivity index (χ0v) is 23.6. The maximum Gasteiger partial charge on any atom is 0.513 e. The molecule has 0 fully saturated rings. The Balaban J connectivity index is 1.47. The van der Waals surface area contributed by atoms with E-state index in [-0.39, 0.29) is 32.4 Å². The molecule has 0 aromatic heterocycles. The number of carbonyl (C=O) groups is 2. The van der Waals surface area contributed by atoms with Crippen molar-refractivity contribution >= 4 is 41.3 Å². The molecule has 0 aliphatic rings. The molecule has 0 aliphatic carbocycles. The van der Waals surface area contributed by atoms with Crippen molar-refractivity contribution in [3.63, 3.8) is 0 Å². The Morgan fingerprint density at radius 1 is 0.643 bits per heavy atom. The maximum absolute atomic E-state index is 12.3. The van der Waals surface area contributed by atoms with Gasteiger partial charge in [-0.2, -0.15) is 0 Å². The highest BCUT2D eigenvalue weighted by Crippen LogP contribution is 2.37. The Kier molecular flexibility index (Phi) is 11.1. The van der Waals surface area contributed by atoms with Crippen molar-refractivity contribution in [1.29, 1.82) is 0 Å². The second-order valence-corrected chi connectivity index (χ2v) is 9.02. The maximum atomic E-state index is 12.3. The summed E-state index contributed by atoms with van der Waals surface area (Å²) < 4.78 is 26.1. The van der Waals surface area contributed by atoms with Crippen molar-refractivity contribution in [2.75, 3.05) is 38.4 Å². The number of esters is 1. The molecule has 0 amide bonds. The van der Waals surface area contributed by atoms with Gasteiger partial charge in [-0.1, -0.05) is 66.7 Å². The Morgan fingerprint density at radius 3 is 1.88 bits per heavy atom. The van der Waals surface area contributed by atoms with E-state index in [2.05, 4.69) is 24.3 Å². The number of carbonyl (C=O) groups excluding carboxylic acids is 2. The number of rotatable bonds is 13. The quantitative estimate of drug-likeness (QED) is 0.0714. The van der Waals surface area contributed by atoms with Gasteiger partial charge in [-0.15, -0.1) is 0 Å². The third-order valence-corrected chi connectivity index (χ3v) is 5.99. The SMILES string of the molecule is COc1cccc(N(c2ccc(C=Cc3ccccc3)cc2)c2cccc(OC(=O)OCCOCCOC(C)=O)c2)c1. The highest BCUT2D eigenvalue weighted by molar-refractivity contribution is 5.79. The van der Waals surface area contributed by atoms with Crippen LogP contribution in [0.4, 0.5) is 21.9 Å². The molecule has 0 heterocycles. The molecule has 0 N–H and O–H groups in total. The fraction of sp³-hybridized carbons (Fsp3) is 0.176. The molecule has 4 rings (SSSR count). The second-order valence-electron chi connectivity index (χ2n) is 9.02. The Hall–Kier alpha value is -5.08. The van der Waals surface area contributed by atoms with Gasteiger partial charge in [-0.25, -0.2) is 4.79 Å². The molecule has 216 valence electrons. The van der Waals surface area contributed by atoms with E-state index in [1.165, 1.54) is 6.92 Å². The zero-order valence-electron chi connectivity index (χ0n) is 23.6. The highest BCUT2D eigenvalue weighted by atomic mass is 16.7. The summed E-state index contributed by atoms with van der Waals surface area (Å²) in [5.74, 6) is 0.660. The second kappa shape index (κ2) is 15.6. The first-order valence-electron chi connectivity index (χ1n) is 13.4. The van der Waals surface area contributed by atoms with Crippen LogP contribution in [0, 0.1) is 0 Å². The molecule has 42 heavy (non-hydrogen) atoms. The van der Waals surface area contributed by atoms with Crippen LogP contribution in [0.2, 0.25) is 0 Å². The molecule has 0 saturated carbocycles. The summed E-state index contributed by atoms with van der Waals surface area (Å²) in [7, 11) is 1.63. The van der Waals surface area contributed by atoms with Crippen molar-refractivity contribution < 1.29 is 33.3 Å². The van der Waals surface area contributed by atoms with Crippen LogP contribution < -0.4 is 14.4 Å². The van der Waals surface area contributed by atoms with Crippen LogP contribution in [0.25, 0.3) is 12.2 Å². The molecule has 0 unspecified atom stereocenters. The molecule has 0 aliphatic heterocycles. The summed E-state index contributed by atoms with van der Waals surface area (Å²) in [4.78, 5) is 25.1. The average molecular weight is 568 g/mol. The normalized spacial score (nSPS) is 10.7. The van der Waals surface area contributed by atoms with Gasteiger partial charge in [0.05, 0.1) is 20.3 Å². The van der Waals surface area contributed by atoms with E-state index in [1.54, 1.807) is 25.3 Å². The van der Waals surface area contributed by atoms with Gasteiger partial charge in [0.15, 0.2) is 0 Å². The largest absolute Gasteiger partial charge is 0.513 e. The van der Waals surface area contributed by atoms with Crippen LogP contribution in [-0.4, -0.2) is 45.7 Å². The Labute approximate surface area is 245 Å². The van der Waals surface area contributed by atoms with Crippen LogP contribution >= 0.6 is 0 Å². The number of hydrogen-bond donors (Lipinski definition) is 0. The number of anilines is 3. The van der Waals surface area contributed by atoms with Crippen LogP contribution in [-0.2, 0) is 19.0 Å². The Morgan fingerprint density at radius 2 is 1.24 bits per heavy atom. The smallest absolute Gasteiger partial charge is 0.497 e. The Bertz CT molecular complexity index is 1470. The molecule has 4 aromatic rings. The monoisotopic (exact) mass is 567 g/mol. The number of ether oxygens (including phenoxy) is 5. The lowest BCUT2D eigenvalue weighted by Crippen LogP contribution is -2.16. The van der Waals surface area contributed by atoms with Crippen molar-refractivity contribution in [2.45, 2.75) is 6.92 Å². The van der Waals surface area contributed by atoms with Gasteiger partial charge < -0.3 is 28.6 Å². The number of nitrogens with zero attached hydrogens (tertiary/aromatic N) is 1. The molecule has 8 heteroatoms. The molecule has 8 nitrogen and oxygen atoms in total. The van der Waals surface area contributed by atoms with E-state index < -0.39 is 6.16 Å². The van der Waals surface area contributed by atoms with E-state index in [4.69, 9.17) is 23.7 Å². The minimum absolute atomic E-state index is 0.000399. The first kappa shape index (κ1) is 29.9. The third-order valence-electron chi connectivity index (χ3n) is 5.99. The van der Waals surface area contributed by atoms with E-state index in [1.807, 2.05) is 77.7 Å². The third kappa shape index (κ3) is 9.25. The first-order chi connectivity index (χ1) is 20.5. The minimum atomic E-state index is -0.849. The average Bonchev–Trinajstić information content (AvgIpc) is 3.01. The van der Waals surface area contributed by atoms with E-state index in [0.717, 1.165) is 28.2 Å². The minimum Gasteiger partial charge on any atom is -0.497 e. The van der Waals surface area contributed by atoms with Gasteiger partial charge in [0.1, 0.15) is 24.7 Å². The predicted molar refractivity (Wildman–Crippen MR) is 162 cm³/mol. The fourth-order valence-corrected chi connectivity index (χ4v) is 4.03.